The Balaban J connectivity index is 2.44. The number of carbonyl (C=O) groups excluding carboxylic acids is 2. The lowest BCUT2D eigenvalue weighted by molar-refractivity contribution is -0.149. The Morgan fingerprint density at radius 3 is 2.45 bits per heavy atom. The second-order valence-electron chi connectivity index (χ2n) is 4.01. The van der Waals surface area contributed by atoms with Crippen molar-refractivity contribution in [2.75, 3.05) is 7.11 Å². The third-order valence-corrected chi connectivity index (χ3v) is 2.48. The maximum atomic E-state index is 11.6. The number of nitrogens with one attached hydrogen (secondary N) is 1. The Morgan fingerprint density at radius 1 is 1.25 bits per heavy atom. The fraction of sp³-hybridized carbons (Fsp3) is 0.385. The second kappa shape index (κ2) is 8.13. The number of esters is 1. The topological polar surface area (TPSA) is 105 Å². The minimum atomic E-state index is -1.89. The molecule has 1 unspecified atom stereocenters. The van der Waals surface area contributed by atoms with Gasteiger partial charge in [0.2, 0.25) is 0 Å². The molecule has 0 aliphatic heterocycles. The number of methoxy groups -OCH3 is 1. The molecule has 0 heterocycles. The van der Waals surface area contributed by atoms with Crippen molar-refractivity contribution in [2.45, 2.75) is 25.4 Å². The fourth-order valence-electron chi connectivity index (χ4n) is 1.42. The van der Waals surface area contributed by atoms with E-state index < -0.39 is 24.4 Å². The largest absolute Gasteiger partial charge is 0.461 e. The molecule has 1 aromatic rings. The molecule has 20 heavy (non-hydrogen) atoms. The third kappa shape index (κ3) is 5.68. The predicted octanol–water partition coefficient (Wildman–Crippen LogP) is 0.155. The average Bonchev–Trinajstić information content (AvgIpc) is 2.45. The van der Waals surface area contributed by atoms with Gasteiger partial charge in [-0.15, -0.1) is 0 Å². The van der Waals surface area contributed by atoms with Crippen molar-refractivity contribution in [2.24, 2.45) is 0 Å². The van der Waals surface area contributed by atoms with Crippen LogP contribution in [0.15, 0.2) is 30.3 Å². The van der Waals surface area contributed by atoms with Gasteiger partial charge in [-0.05, 0) is 5.56 Å². The van der Waals surface area contributed by atoms with Crippen LogP contribution in [0, 0.1) is 0 Å². The number of carbonyl (C=O) groups is 2. The second-order valence-corrected chi connectivity index (χ2v) is 4.01. The molecule has 0 bridgehead atoms. The summed E-state index contributed by atoms with van der Waals surface area (Å²) in [5, 5.41) is 20.3. The first kappa shape index (κ1) is 15.9. The van der Waals surface area contributed by atoms with Crippen LogP contribution in [0.1, 0.15) is 12.0 Å². The lowest BCUT2D eigenvalue weighted by Gasteiger charge is -2.18. The van der Waals surface area contributed by atoms with E-state index in [1.807, 2.05) is 18.2 Å². The van der Waals surface area contributed by atoms with Crippen LogP contribution in [-0.2, 0) is 20.9 Å². The van der Waals surface area contributed by atoms with E-state index in [0.29, 0.717) is 0 Å². The molecule has 110 valence electrons. The zero-order chi connectivity index (χ0) is 15.0. The Bertz CT molecular complexity index is 434. The first-order chi connectivity index (χ1) is 9.52. The zero-order valence-corrected chi connectivity index (χ0v) is 11.0. The molecule has 0 saturated carbocycles. The van der Waals surface area contributed by atoms with Crippen molar-refractivity contribution >= 4 is 12.1 Å². The number of benzene rings is 1. The Morgan fingerprint density at radius 2 is 1.90 bits per heavy atom. The summed E-state index contributed by atoms with van der Waals surface area (Å²) in [6.07, 6.45) is -3.13. The van der Waals surface area contributed by atoms with Gasteiger partial charge in [-0.3, -0.25) is 4.79 Å². The van der Waals surface area contributed by atoms with Crippen molar-refractivity contribution < 1.29 is 29.3 Å². The smallest absolute Gasteiger partial charge is 0.407 e. The molecule has 0 saturated heterocycles. The molecule has 7 nitrogen and oxygen atoms in total. The molecule has 0 aromatic heterocycles. The lowest BCUT2D eigenvalue weighted by Crippen LogP contribution is -2.44. The van der Waals surface area contributed by atoms with Gasteiger partial charge in [-0.1, -0.05) is 30.3 Å². The van der Waals surface area contributed by atoms with Gasteiger partial charge in [-0.25, -0.2) is 4.79 Å². The summed E-state index contributed by atoms with van der Waals surface area (Å²) < 4.78 is 9.29. The predicted molar refractivity (Wildman–Crippen MR) is 68.4 cm³/mol. The van der Waals surface area contributed by atoms with Gasteiger partial charge < -0.3 is 25.0 Å². The number of rotatable bonds is 6. The minimum Gasteiger partial charge on any atom is -0.461 e. The van der Waals surface area contributed by atoms with Gasteiger partial charge >= 0.3 is 12.1 Å². The lowest BCUT2D eigenvalue weighted by atomic mass is 10.2. The standard InChI is InChI=1S/C13H17NO6/c1-19-13(18)14-10(12(16)17)7-11(15)20-8-9-5-3-2-4-6-9/h2-6,10,12,16-17H,7-8H2,1H3,(H,14,18). The van der Waals surface area contributed by atoms with Crippen molar-refractivity contribution in [1.82, 2.24) is 5.32 Å². The first-order valence-electron chi connectivity index (χ1n) is 5.93. The van der Waals surface area contributed by atoms with E-state index in [1.165, 1.54) is 0 Å². The normalized spacial score (nSPS) is 11.8. The summed E-state index contributed by atoms with van der Waals surface area (Å²) in [5.74, 6) is -0.664. The van der Waals surface area contributed by atoms with Crippen LogP contribution in [0.5, 0.6) is 0 Å². The molecule has 7 heteroatoms. The number of aliphatic hydroxyl groups is 2. The molecular formula is C13H17NO6. The highest BCUT2D eigenvalue weighted by Crippen LogP contribution is 2.04. The summed E-state index contributed by atoms with van der Waals surface area (Å²) >= 11 is 0. The maximum absolute atomic E-state index is 11.6. The summed E-state index contributed by atoms with van der Waals surface area (Å²) in [5.41, 5.74) is 0.808. The SMILES string of the molecule is COC(=O)NC(CC(=O)OCc1ccccc1)C(O)O. The van der Waals surface area contributed by atoms with Crippen LogP contribution in [-0.4, -0.2) is 41.7 Å². The van der Waals surface area contributed by atoms with Crippen molar-refractivity contribution in [3.8, 4) is 0 Å². The Labute approximate surface area is 116 Å². The number of ether oxygens (including phenoxy) is 2. The quantitative estimate of drug-likeness (QED) is 0.507. The zero-order valence-electron chi connectivity index (χ0n) is 11.0. The highest BCUT2D eigenvalue weighted by atomic mass is 16.5. The summed E-state index contributed by atoms with van der Waals surface area (Å²) in [4.78, 5) is 22.5. The summed E-state index contributed by atoms with van der Waals surface area (Å²) in [7, 11) is 1.13. The van der Waals surface area contributed by atoms with Crippen LogP contribution in [0.25, 0.3) is 0 Å². The van der Waals surface area contributed by atoms with E-state index in [0.717, 1.165) is 12.7 Å². The van der Waals surface area contributed by atoms with Crippen LogP contribution < -0.4 is 5.32 Å². The van der Waals surface area contributed by atoms with E-state index in [2.05, 4.69) is 10.1 Å². The molecule has 1 aromatic carbocycles. The monoisotopic (exact) mass is 283 g/mol. The Kier molecular flexibility index (Phi) is 6.48. The van der Waals surface area contributed by atoms with E-state index in [1.54, 1.807) is 12.1 Å². The summed E-state index contributed by atoms with van der Waals surface area (Å²) in [6, 6.07) is 7.84. The number of alkyl carbamates (subject to hydrolysis) is 1. The Hall–Kier alpha value is -2.12. The van der Waals surface area contributed by atoms with Gasteiger partial charge in [0.25, 0.3) is 0 Å². The number of amides is 1. The van der Waals surface area contributed by atoms with Gasteiger partial charge in [-0.2, -0.15) is 0 Å². The molecule has 0 fully saturated rings. The van der Waals surface area contributed by atoms with Crippen LogP contribution in [0.2, 0.25) is 0 Å². The highest BCUT2D eigenvalue weighted by Gasteiger charge is 2.23. The number of aliphatic hydroxyl groups excluding tert-OH is 1. The van der Waals surface area contributed by atoms with Crippen molar-refractivity contribution in [3.63, 3.8) is 0 Å². The van der Waals surface area contributed by atoms with Crippen LogP contribution in [0.3, 0.4) is 0 Å². The van der Waals surface area contributed by atoms with Gasteiger partial charge in [0.1, 0.15) is 6.61 Å². The van der Waals surface area contributed by atoms with E-state index in [4.69, 9.17) is 14.9 Å². The molecule has 0 spiro atoms. The molecule has 0 radical (unpaired) electrons. The van der Waals surface area contributed by atoms with Crippen LogP contribution in [0.4, 0.5) is 4.79 Å². The summed E-state index contributed by atoms with van der Waals surface area (Å²) in [6.45, 7) is 0.0755. The van der Waals surface area contributed by atoms with Gasteiger partial charge in [0.05, 0.1) is 19.6 Å². The molecule has 3 N–H and O–H groups in total. The maximum Gasteiger partial charge on any atom is 0.407 e. The molecule has 1 amide bonds. The van der Waals surface area contributed by atoms with Crippen molar-refractivity contribution in [3.05, 3.63) is 35.9 Å². The van der Waals surface area contributed by atoms with Gasteiger partial charge in [0, 0.05) is 0 Å². The van der Waals surface area contributed by atoms with Crippen LogP contribution >= 0.6 is 0 Å². The molecule has 0 aliphatic rings. The average molecular weight is 283 g/mol. The van der Waals surface area contributed by atoms with E-state index in [-0.39, 0.29) is 13.0 Å². The first-order valence-corrected chi connectivity index (χ1v) is 5.93. The number of hydrogen-bond donors (Lipinski definition) is 3. The molecule has 1 atom stereocenters. The third-order valence-electron chi connectivity index (χ3n) is 2.48. The van der Waals surface area contributed by atoms with E-state index in [9.17, 15) is 9.59 Å². The van der Waals surface area contributed by atoms with Crippen molar-refractivity contribution in [1.29, 1.82) is 0 Å². The number of hydrogen-bond acceptors (Lipinski definition) is 6. The molecular weight excluding hydrogens is 266 g/mol. The molecule has 1 rings (SSSR count). The van der Waals surface area contributed by atoms with E-state index >= 15 is 0 Å². The highest BCUT2D eigenvalue weighted by molar-refractivity contribution is 5.72. The fourth-order valence-corrected chi connectivity index (χ4v) is 1.42. The van der Waals surface area contributed by atoms with Gasteiger partial charge in [0.15, 0.2) is 6.29 Å². The molecule has 0 aliphatic carbocycles. The minimum absolute atomic E-state index is 0.0755.